The van der Waals surface area contributed by atoms with Crippen molar-refractivity contribution < 1.29 is 9.52 Å². The highest BCUT2D eigenvalue weighted by molar-refractivity contribution is 5.80. The minimum absolute atomic E-state index is 0.0493. The highest BCUT2D eigenvalue weighted by Gasteiger charge is 2.21. The van der Waals surface area contributed by atoms with Gasteiger partial charge in [0.1, 0.15) is 11.6 Å². The van der Waals surface area contributed by atoms with Crippen molar-refractivity contribution in [3.8, 4) is 23.1 Å². The van der Waals surface area contributed by atoms with Crippen LogP contribution >= 0.6 is 0 Å². The van der Waals surface area contributed by atoms with E-state index in [4.69, 9.17) is 4.42 Å². The van der Waals surface area contributed by atoms with Gasteiger partial charge in [-0.2, -0.15) is 5.26 Å². The van der Waals surface area contributed by atoms with Crippen molar-refractivity contribution in [2.24, 2.45) is 10.2 Å². The third-order valence-electron chi connectivity index (χ3n) is 3.06. The van der Waals surface area contributed by atoms with Gasteiger partial charge in [0.2, 0.25) is 0 Å². The zero-order chi connectivity index (χ0) is 15.4. The summed E-state index contributed by atoms with van der Waals surface area (Å²) in [5.74, 6) is -0.354. The van der Waals surface area contributed by atoms with Crippen molar-refractivity contribution in [1.29, 1.82) is 5.26 Å². The lowest BCUT2D eigenvalue weighted by molar-refractivity contribution is 0.335. The van der Waals surface area contributed by atoms with Gasteiger partial charge in [-0.1, -0.05) is 48.5 Å². The molecule has 1 heterocycles. The van der Waals surface area contributed by atoms with Crippen molar-refractivity contribution in [1.82, 2.24) is 0 Å². The van der Waals surface area contributed by atoms with Gasteiger partial charge in [0.05, 0.1) is 11.3 Å². The van der Waals surface area contributed by atoms with Crippen LogP contribution < -0.4 is 0 Å². The number of benzene rings is 2. The Balaban J connectivity index is 2.09. The fourth-order valence-electron chi connectivity index (χ4n) is 2.05. The van der Waals surface area contributed by atoms with E-state index in [0.29, 0.717) is 11.3 Å². The molecule has 106 valence electrons. The minimum Gasteiger partial charge on any atom is -0.480 e. The van der Waals surface area contributed by atoms with Crippen LogP contribution in [0.5, 0.6) is 5.95 Å². The number of aromatic hydroxyl groups is 1. The Hall–Kier alpha value is -3.39. The predicted molar refractivity (Wildman–Crippen MR) is 81.1 cm³/mol. The monoisotopic (exact) mass is 289 g/mol. The number of hydrogen-bond acceptors (Lipinski definition) is 5. The third-order valence-corrected chi connectivity index (χ3v) is 3.06. The van der Waals surface area contributed by atoms with E-state index in [-0.39, 0.29) is 11.4 Å². The van der Waals surface area contributed by atoms with Crippen molar-refractivity contribution in [3.05, 3.63) is 66.2 Å². The van der Waals surface area contributed by atoms with Crippen LogP contribution in [0.2, 0.25) is 0 Å². The average Bonchev–Trinajstić information content (AvgIpc) is 2.90. The van der Waals surface area contributed by atoms with Gasteiger partial charge >= 0.3 is 5.95 Å². The van der Waals surface area contributed by atoms with E-state index >= 15 is 0 Å². The predicted octanol–water partition coefficient (Wildman–Crippen LogP) is 4.94. The standard InChI is InChI=1S/C17H11N3O2/c18-11-14-15(12-7-3-1-4-8-12)16(22-17(14)21)20-19-13-9-5-2-6-10-13/h1-10,21H. The summed E-state index contributed by atoms with van der Waals surface area (Å²) >= 11 is 0. The Morgan fingerprint density at radius 1 is 0.909 bits per heavy atom. The van der Waals surface area contributed by atoms with Crippen molar-refractivity contribution in [3.63, 3.8) is 0 Å². The Morgan fingerprint density at radius 2 is 1.55 bits per heavy atom. The maximum absolute atomic E-state index is 9.78. The van der Waals surface area contributed by atoms with Crippen LogP contribution in [0.4, 0.5) is 11.6 Å². The third kappa shape index (κ3) is 2.58. The highest BCUT2D eigenvalue weighted by atomic mass is 16.5. The van der Waals surface area contributed by atoms with E-state index in [1.54, 1.807) is 12.1 Å². The van der Waals surface area contributed by atoms with E-state index in [1.165, 1.54) is 0 Å². The molecule has 0 fully saturated rings. The van der Waals surface area contributed by atoms with Crippen molar-refractivity contribution in [2.45, 2.75) is 0 Å². The van der Waals surface area contributed by atoms with E-state index < -0.39 is 5.95 Å². The van der Waals surface area contributed by atoms with Gasteiger partial charge in [-0.25, -0.2) is 0 Å². The summed E-state index contributed by atoms with van der Waals surface area (Å²) in [7, 11) is 0. The Kier molecular flexibility index (Phi) is 3.67. The molecule has 5 heteroatoms. The van der Waals surface area contributed by atoms with Crippen molar-refractivity contribution >= 4 is 11.6 Å². The Labute approximate surface area is 126 Å². The van der Waals surface area contributed by atoms with Gasteiger partial charge < -0.3 is 9.52 Å². The fourth-order valence-corrected chi connectivity index (χ4v) is 2.05. The summed E-state index contributed by atoms with van der Waals surface area (Å²) in [6.45, 7) is 0. The number of hydrogen-bond donors (Lipinski definition) is 1. The zero-order valence-corrected chi connectivity index (χ0v) is 11.5. The molecule has 2 aromatic carbocycles. The van der Waals surface area contributed by atoms with Crippen LogP contribution in [0, 0.1) is 11.3 Å². The first-order valence-corrected chi connectivity index (χ1v) is 6.57. The summed E-state index contributed by atoms with van der Waals surface area (Å²) in [6.07, 6.45) is 0. The van der Waals surface area contributed by atoms with Gasteiger partial charge in [0.25, 0.3) is 5.88 Å². The first kappa shape index (κ1) is 13.6. The Morgan fingerprint density at radius 3 is 2.18 bits per heavy atom. The molecular weight excluding hydrogens is 278 g/mol. The van der Waals surface area contributed by atoms with Crippen LogP contribution in [-0.4, -0.2) is 5.11 Å². The molecule has 0 bridgehead atoms. The molecule has 5 nitrogen and oxygen atoms in total. The van der Waals surface area contributed by atoms with Gasteiger partial charge in [-0.3, -0.25) is 0 Å². The first-order valence-electron chi connectivity index (χ1n) is 6.57. The maximum Gasteiger partial charge on any atom is 0.303 e. The van der Waals surface area contributed by atoms with Crippen molar-refractivity contribution in [2.75, 3.05) is 0 Å². The van der Waals surface area contributed by atoms with Gasteiger partial charge in [-0.05, 0) is 17.7 Å². The summed E-state index contributed by atoms with van der Waals surface area (Å²) in [5, 5.41) is 27.1. The second-order valence-corrected chi connectivity index (χ2v) is 4.48. The summed E-state index contributed by atoms with van der Waals surface area (Å²) in [4.78, 5) is 0. The molecule has 0 aliphatic carbocycles. The number of nitrogens with zero attached hydrogens (tertiary/aromatic N) is 3. The number of nitriles is 1. The second-order valence-electron chi connectivity index (χ2n) is 4.48. The molecule has 0 saturated carbocycles. The molecule has 1 N–H and O–H groups in total. The molecule has 1 aromatic heterocycles. The minimum atomic E-state index is -0.455. The Bertz CT molecular complexity index is 847. The molecule has 0 unspecified atom stereocenters. The topological polar surface area (TPSA) is 81.9 Å². The van der Waals surface area contributed by atoms with E-state index in [0.717, 1.165) is 5.56 Å². The van der Waals surface area contributed by atoms with Crippen LogP contribution in [-0.2, 0) is 0 Å². The molecule has 0 amide bonds. The zero-order valence-electron chi connectivity index (χ0n) is 11.5. The first-order chi connectivity index (χ1) is 10.8. The second kappa shape index (κ2) is 5.94. The molecule has 0 aliphatic rings. The average molecular weight is 289 g/mol. The maximum atomic E-state index is 9.78. The molecule has 3 aromatic rings. The lowest BCUT2D eigenvalue weighted by atomic mass is 10.0. The molecular formula is C17H11N3O2. The molecule has 0 aliphatic heterocycles. The van der Waals surface area contributed by atoms with E-state index in [2.05, 4.69) is 10.2 Å². The number of rotatable bonds is 3. The van der Waals surface area contributed by atoms with Crippen LogP contribution in [0.3, 0.4) is 0 Å². The fraction of sp³-hybridized carbons (Fsp3) is 0. The van der Waals surface area contributed by atoms with Crippen LogP contribution in [0.25, 0.3) is 11.1 Å². The van der Waals surface area contributed by atoms with Gasteiger partial charge in [0, 0.05) is 0 Å². The highest BCUT2D eigenvalue weighted by Crippen LogP contribution is 2.41. The molecule has 3 rings (SSSR count). The lowest BCUT2D eigenvalue weighted by Crippen LogP contribution is -1.79. The molecule has 0 atom stereocenters. The lowest BCUT2D eigenvalue weighted by Gasteiger charge is -1.98. The molecule has 0 saturated heterocycles. The molecule has 22 heavy (non-hydrogen) atoms. The number of furan rings is 1. The van der Waals surface area contributed by atoms with Gasteiger partial charge in [0.15, 0.2) is 0 Å². The van der Waals surface area contributed by atoms with Crippen LogP contribution in [0.1, 0.15) is 5.56 Å². The smallest absolute Gasteiger partial charge is 0.303 e. The van der Waals surface area contributed by atoms with Gasteiger partial charge in [-0.15, -0.1) is 10.2 Å². The van der Waals surface area contributed by atoms with E-state index in [1.807, 2.05) is 54.6 Å². The van der Waals surface area contributed by atoms with E-state index in [9.17, 15) is 10.4 Å². The molecule has 0 radical (unpaired) electrons. The molecule has 0 spiro atoms. The summed E-state index contributed by atoms with van der Waals surface area (Å²) in [6, 6.07) is 20.2. The quantitative estimate of drug-likeness (QED) is 0.693. The summed E-state index contributed by atoms with van der Waals surface area (Å²) < 4.78 is 5.19. The number of azo groups is 1. The SMILES string of the molecule is N#Cc1c(O)oc(N=Nc2ccccc2)c1-c1ccccc1. The largest absolute Gasteiger partial charge is 0.480 e. The van der Waals surface area contributed by atoms with Crippen LogP contribution in [0.15, 0.2) is 75.3 Å². The normalized spacial score (nSPS) is 10.7. The summed E-state index contributed by atoms with van der Waals surface area (Å²) in [5.41, 5.74) is 1.86.